The van der Waals surface area contributed by atoms with Crippen molar-refractivity contribution < 1.29 is 0 Å². The molecule has 78 valence electrons. The van der Waals surface area contributed by atoms with Crippen molar-refractivity contribution in [3.8, 4) is 0 Å². The summed E-state index contributed by atoms with van der Waals surface area (Å²) in [5.74, 6) is 2.75. The maximum Gasteiger partial charge on any atom is -0.0295 e. The molecule has 1 aliphatic rings. The van der Waals surface area contributed by atoms with Crippen molar-refractivity contribution >= 4 is 0 Å². The molecule has 0 heterocycles. The molecule has 0 radical (unpaired) electrons. The summed E-state index contributed by atoms with van der Waals surface area (Å²) in [6.07, 6.45) is 5.77. The zero-order valence-corrected chi connectivity index (χ0v) is 10.1. The summed E-state index contributed by atoms with van der Waals surface area (Å²) in [6.45, 7) is 12.1. The lowest BCUT2D eigenvalue weighted by molar-refractivity contribution is 0.0705. The molecular weight excluding hydrogens is 156 g/mol. The molecule has 1 aliphatic carbocycles. The van der Waals surface area contributed by atoms with Gasteiger partial charge in [0.25, 0.3) is 0 Å². The molecule has 0 aromatic heterocycles. The molecule has 1 saturated carbocycles. The molecule has 0 N–H and O–H groups in total. The maximum absolute atomic E-state index is 2.51. The van der Waals surface area contributed by atoms with Crippen LogP contribution in [0.1, 0.15) is 60.3 Å². The van der Waals surface area contributed by atoms with E-state index in [1.165, 1.54) is 25.7 Å². The van der Waals surface area contributed by atoms with Crippen LogP contribution in [0, 0.1) is 23.2 Å². The van der Waals surface area contributed by atoms with E-state index in [4.69, 9.17) is 0 Å². The molecule has 0 aliphatic heterocycles. The summed E-state index contributed by atoms with van der Waals surface area (Å²) in [5, 5.41) is 0. The van der Waals surface area contributed by atoms with Gasteiger partial charge in [0.05, 0.1) is 0 Å². The third-order valence-corrected chi connectivity index (χ3v) is 3.97. The van der Waals surface area contributed by atoms with Crippen LogP contribution < -0.4 is 0 Å². The van der Waals surface area contributed by atoms with Gasteiger partial charge in [0.2, 0.25) is 0 Å². The van der Waals surface area contributed by atoms with Crippen LogP contribution in [0.4, 0.5) is 0 Å². The fourth-order valence-electron chi connectivity index (χ4n) is 3.20. The molecule has 1 rings (SSSR count). The van der Waals surface area contributed by atoms with Crippen molar-refractivity contribution in [3.63, 3.8) is 0 Å². The second-order valence-electron chi connectivity index (χ2n) is 6.04. The Bertz CT molecular complexity index is 155. The highest BCUT2D eigenvalue weighted by molar-refractivity contribution is 4.87. The smallest absolute Gasteiger partial charge is 0.0295 e. The summed E-state index contributed by atoms with van der Waals surface area (Å²) < 4.78 is 0. The molecule has 1 fully saturated rings. The predicted octanol–water partition coefficient (Wildman–Crippen LogP) is 4.49. The second-order valence-corrected chi connectivity index (χ2v) is 6.04. The van der Waals surface area contributed by atoms with Crippen molar-refractivity contribution in [1.82, 2.24) is 0 Å². The van der Waals surface area contributed by atoms with E-state index in [1.54, 1.807) is 0 Å². The molecule has 3 atom stereocenters. The average molecular weight is 182 g/mol. The van der Waals surface area contributed by atoms with Gasteiger partial charge in [0.15, 0.2) is 0 Å². The minimum atomic E-state index is 0.631. The molecular formula is C13H26. The summed E-state index contributed by atoms with van der Waals surface area (Å²) in [5.41, 5.74) is 0.631. The number of hydrogen-bond donors (Lipinski definition) is 0. The Morgan fingerprint density at radius 1 is 1.23 bits per heavy atom. The Labute approximate surface area is 84.1 Å². The Hall–Kier alpha value is 0. The van der Waals surface area contributed by atoms with E-state index in [2.05, 4.69) is 34.6 Å². The highest BCUT2D eigenvalue weighted by Gasteiger charge is 2.36. The minimum absolute atomic E-state index is 0.631. The van der Waals surface area contributed by atoms with E-state index in [9.17, 15) is 0 Å². The number of rotatable bonds is 2. The normalized spacial score (nSPS) is 41.1. The van der Waals surface area contributed by atoms with Crippen LogP contribution in [0.3, 0.4) is 0 Å². The van der Waals surface area contributed by atoms with Crippen LogP contribution in [-0.4, -0.2) is 0 Å². The van der Waals surface area contributed by atoms with Crippen molar-refractivity contribution in [2.75, 3.05) is 0 Å². The topological polar surface area (TPSA) is 0 Å². The van der Waals surface area contributed by atoms with Crippen LogP contribution >= 0.6 is 0 Å². The fraction of sp³-hybridized carbons (Fsp3) is 1.00. The molecule has 0 aromatic rings. The van der Waals surface area contributed by atoms with E-state index in [1.807, 2.05) is 0 Å². The third-order valence-electron chi connectivity index (χ3n) is 3.97. The first-order chi connectivity index (χ1) is 5.94. The Morgan fingerprint density at radius 3 is 2.38 bits per heavy atom. The van der Waals surface area contributed by atoms with Crippen molar-refractivity contribution in [2.24, 2.45) is 23.2 Å². The fourth-order valence-corrected chi connectivity index (χ4v) is 3.20. The lowest BCUT2D eigenvalue weighted by Crippen LogP contribution is -2.33. The first-order valence-corrected chi connectivity index (χ1v) is 5.94. The first-order valence-electron chi connectivity index (χ1n) is 5.94. The van der Waals surface area contributed by atoms with Gasteiger partial charge in [-0.1, -0.05) is 41.0 Å². The van der Waals surface area contributed by atoms with Crippen LogP contribution in [0.25, 0.3) is 0 Å². The molecule has 13 heavy (non-hydrogen) atoms. The van der Waals surface area contributed by atoms with Gasteiger partial charge < -0.3 is 0 Å². The lowest BCUT2D eigenvalue weighted by Gasteiger charge is -2.43. The van der Waals surface area contributed by atoms with Gasteiger partial charge in [-0.25, -0.2) is 0 Å². The monoisotopic (exact) mass is 182 g/mol. The summed E-state index contributed by atoms with van der Waals surface area (Å²) >= 11 is 0. The van der Waals surface area contributed by atoms with Crippen molar-refractivity contribution in [2.45, 2.75) is 60.3 Å². The third kappa shape index (κ3) is 2.72. The quantitative estimate of drug-likeness (QED) is 0.590. The molecule has 0 saturated heterocycles. The molecule has 0 amide bonds. The molecule has 0 bridgehead atoms. The Kier molecular flexibility index (Phi) is 3.43. The van der Waals surface area contributed by atoms with Gasteiger partial charge in [-0.05, 0) is 42.4 Å². The van der Waals surface area contributed by atoms with E-state index in [-0.39, 0.29) is 0 Å². The molecule has 0 aromatic carbocycles. The zero-order valence-electron chi connectivity index (χ0n) is 10.1. The van der Waals surface area contributed by atoms with Gasteiger partial charge in [-0.2, -0.15) is 0 Å². The Balaban J connectivity index is 2.61. The summed E-state index contributed by atoms with van der Waals surface area (Å²) in [6, 6.07) is 0. The second kappa shape index (κ2) is 4.02. The van der Waals surface area contributed by atoms with Crippen molar-refractivity contribution in [3.05, 3.63) is 0 Å². The zero-order chi connectivity index (χ0) is 10.1. The molecule has 3 unspecified atom stereocenters. The van der Waals surface area contributed by atoms with Crippen LogP contribution in [-0.2, 0) is 0 Å². The molecule has 0 spiro atoms. The average Bonchev–Trinajstić information content (AvgIpc) is 1.95. The number of hydrogen-bond acceptors (Lipinski definition) is 0. The van der Waals surface area contributed by atoms with Gasteiger partial charge in [-0.3, -0.25) is 0 Å². The molecule has 0 nitrogen and oxygen atoms in total. The largest absolute Gasteiger partial charge is 0.0628 e. The van der Waals surface area contributed by atoms with Gasteiger partial charge >= 0.3 is 0 Å². The summed E-state index contributed by atoms with van der Waals surface area (Å²) in [4.78, 5) is 0. The van der Waals surface area contributed by atoms with Gasteiger partial charge in [0, 0.05) is 0 Å². The van der Waals surface area contributed by atoms with Gasteiger partial charge in [-0.15, -0.1) is 0 Å². The molecule has 0 heteroatoms. The Morgan fingerprint density at radius 2 is 1.85 bits per heavy atom. The maximum atomic E-state index is 2.51. The van der Waals surface area contributed by atoms with Crippen LogP contribution in [0.15, 0.2) is 0 Å². The lowest BCUT2D eigenvalue weighted by atomic mass is 9.62. The van der Waals surface area contributed by atoms with Crippen molar-refractivity contribution in [1.29, 1.82) is 0 Å². The van der Waals surface area contributed by atoms with E-state index >= 15 is 0 Å². The highest BCUT2D eigenvalue weighted by atomic mass is 14.4. The first kappa shape index (κ1) is 11.1. The standard InChI is InChI=1S/C13H26/c1-10(2)8-13(5)9-11(3)6-7-12(13)4/h10-12H,6-9H2,1-5H3. The minimum Gasteiger partial charge on any atom is -0.0628 e. The SMILES string of the molecule is CC(C)CC1(C)CC(C)CCC1C. The highest BCUT2D eigenvalue weighted by Crippen LogP contribution is 2.47. The van der Waals surface area contributed by atoms with Gasteiger partial charge in [0.1, 0.15) is 0 Å². The van der Waals surface area contributed by atoms with E-state index in [0.717, 1.165) is 17.8 Å². The summed E-state index contributed by atoms with van der Waals surface area (Å²) in [7, 11) is 0. The van der Waals surface area contributed by atoms with E-state index in [0.29, 0.717) is 5.41 Å². The van der Waals surface area contributed by atoms with Crippen LogP contribution in [0.5, 0.6) is 0 Å². The van der Waals surface area contributed by atoms with E-state index < -0.39 is 0 Å². The van der Waals surface area contributed by atoms with Crippen LogP contribution in [0.2, 0.25) is 0 Å². The predicted molar refractivity (Wildman–Crippen MR) is 59.7 cm³/mol.